The molecule has 41 heavy (non-hydrogen) atoms. The van der Waals surface area contributed by atoms with Gasteiger partial charge in [-0.1, -0.05) is 49.7 Å². The molecule has 1 amide bonds. The number of fused-ring (bicyclic) bond motifs is 2. The fraction of sp³-hybridized carbons (Fsp3) is 0.438. The lowest BCUT2D eigenvalue weighted by atomic mass is 9.86. The first-order chi connectivity index (χ1) is 19.8. The maximum absolute atomic E-state index is 13.9. The maximum atomic E-state index is 13.9. The Morgan fingerprint density at radius 2 is 1.85 bits per heavy atom. The number of hydrogen-bond acceptors (Lipinski definition) is 7. The van der Waals surface area contributed by atoms with E-state index in [4.69, 9.17) is 25.9 Å². The fourth-order valence-electron chi connectivity index (χ4n) is 7.03. The lowest BCUT2D eigenvalue weighted by molar-refractivity contribution is -0.126. The van der Waals surface area contributed by atoms with Gasteiger partial charge in [-0.05, 0) is 50.3 Å². The van der Waals surface area contributed by atoms with E-state index in [1.165, 1.54) is 0 Å². The molecular weight excluding hydrogens is 542 g/mol. The predicted molar refractivity (Wildman–Crippen MR) is 158 cm³/mol. The third-order valence-electron chi connectivity index (χ3n) is 8.73. The summed E-state index contributed by atoms with van der Waals surface area (Å²) in [6.45, 7) is 8.19. The molecule has 6 rings (SSSR count). The number of aliphatic hydroxyl groups is 1. The van der Waals surface area contributed by atoms with Crippen LogP contribution >= 0.6 is 11.6 Å². The first-order valence-electron chi connectivity index (χ1n) is 13.8. The zero-order valence-electron chi connectivity index (χ0n) is 23.8. The van der Waals surface area contributed by atoms with Gasteiger partial charge < -0.3 is 24.3 Å². The summed E-state index contributed by atoms with van der Waals surface area (Å²) in [7, 11) is 1.62. The highest BCUT2D eigenvalue weighted by Crippen LogP contribution is 2.72. The Morgan fingerprint density at radius 1 is 1.15 bits per heavy atom. The van der Waals surface area contributed by atoms with Crippen LogP contribution in [0.4, 0.5) is 5.69 Å². The number of aromatic nitrogens is 1. The van der Waals surface area contributed by atoms with Gasteiger partial charge in [0.2, 0.25) is 11.8 Å². The number of carbonyl (C=O) groups excluding carboxylic acids is 2. The molecule has 9 heteroatoms. The molecule has 1 aromatic heterocycles. The molecule has 0 bridgehead atoms. The number of nitriles is 1. The van der Waals surface area contributed by atoms with E-state index in [1.807, 2.05) is 55.9 Å². The van der Waals surface area contributed by atoms with Crippen LogP contribution < -0.4 is 9.64 Å². The highest BCUT2D eigenvalue weighted by atomic mass is 35.5. The monoisotopic (exact) mass is 577 g/mol. The molecule has 0 spiro atoms. The summed E-state index contributed by atoms with van der Waals surface area (Å²) in [6, 6.07) is 17.1. The number of benzene rings is 2. The molecule has 0 radical (unpaired) electrons. The Kier molecular flexibility index (Phi) is 9.03. The largest absolute Gasteiger partial charge is 0.478 e. The average Bonchev–Trinajstić information content (AvgIpc) is 3.55. The van der Waals surface area contributed by atoms with Crippen molar-refractivity contribution in [2.75, 3.05) is 18.6 Å². The number of anilines is 1. The second-order valence-electron chi connectivity index (χ2n) is 10.7. The number of hydrogen-bond donors (Lipinski definition) is 1. The van der Waals surface area contributed by atoms with Gasteiger partial charge >= 0.3 is 0 Å². The molecule has 2 aromatic carbocycles. The van der Waals surface area contributed by atoms with Crippen molar-refractivity contribution in [2.24, 2.45) is 17.3 Å². The molecule has 2 heterocycles. The van der Waals surface area contributed by atoms with Crippen LogP contribution in [0.5, 0.6) is 5.88 Å². The Bertz CT molecular complexity index is 1440. The molecule has 1 saturated heterocycles. The number of nitrogens with zero attached hydrogens (tertiary/aromatic N) is 3. The van der Waals surface area contributed by atoms with E-state index in [1.54, 1.807) is 38.4 Å². The molecule has 216 valence electrons. The van der Waals surface area contributed by atoms with Gasteiger partial charge in [0.25, 0.3) is 0 Å². The fourth-order valence-corrected chi connectivity index (χ4v) is 7.14. The number of rotatable bonds is 6. The van der Waals surface area contributed by atoms with Gasteiger partial charge in [-0.2, -0.15) is 5.26 Å². The van der Waals surface area contributed by atoms with E-state index in [2.05, 4.69) is 11.1 Å². The van der Waals surface area contributed by atoms with Gasteiger partial charge in [-0.3, -0.25) is 4.79 Å². The first-order valence-corrected chi connectivity index (χ1v) is 14.2. The Hall–Kier alpha value is -3.51. The minimum absolute atomic E-state index is 0.0257. The van der Waals surface area contributed by atoms with Crippen molar-refractivity contribution in [1.29, 1.82) is 5.26 Å². The smallest absolute Gasteiger partial charge is 0.230 e. The van der Waals surface area contributed by atoms with Gasteiger partial charge in [0.15, 0.2) is 0 Å². The maximum Gasteiger partial charge on any atom is 0.230 e. The number of carbonyl (C=O) groups is 2. The minimum Gasteiger partial charge on any atom is -0.478 e. The number of methoxy groups -OCH3 is 1. The number of amides is 1. The molecule has 5 unspecified atom stereocenters. The van der Waals surface area contributed by atoms with Crippen LogP contribution in [0.25, 0.3) is 10.8 Å². The summed E-state index contributed by atoms with van der Waals surface area (Å²) in [5.74, 6) is 0.293. The topological polar surface area (TPSA) is 113 Å². The molecule has 1 N–H and O–H groups in total. The van der Waals surface area contributed by atoms with Crippen molar-refractivity contribution in [2.45, 2.75) is 57.8 Å². The van der Waals surface area contributed by atoms with Crippen LogP contribution in [0.1, 0.15) is 45.6 Å². The van der Waals surface area contributed by atoms with Gasteiger partial charge in [-0.25, -0.2) is 4.98 Å². The molecule has 6 atom stereocenters. The quantitative estimate of drug-likeness (QED) is 0.407. The van der Waals surface area contributed by atoms with Crippen molar-refractivity contribution in [1.82, 2.24) is 4.98 Å². The summed E-state index contributed by atoms with van der Waals surface area (Å²) in [5, 5.41) is 23.2. The molecule has 1 aliphatic heterocycles. The molecule has 2 saturated carbocycles. The van der Waals surface area contributed by atoms with Crippen LogP contribution in [-0.4, -0.2) is 54.3 Å². The second-order valence-corrected chi connectivity index (χ2v) is 11.1. The van der Waals surface area contributed by atoms with Gasteiger partial charge in [-0.15, -0.1) is 0 Å². The number of pyridine rings is 1. The number of halogens is 1. The summed E-state index contributed by atoms with van der Waals surface area (Å²) in [4.78, 5) is 28.1. The van der Waals surface area contributed by atoms with Crippen LogP contribution in [0, 0.1) is 28.6 Å². The molecular formula is C32H36ClN3O5. The zero-order valence-corrected chi connectivity index (χ0v) is 24.6. The zero-order chi connectivity index (χ0) is 29.9. The van der Waals surface area contributed by atoms with Crippen LogP contribution in [0.2, 0.25) is 5.02 Å². The summed E-state index contributed by atoms with van der Waals surface area (Å²) in [6.07, 6.45) is 2.81. The lowest BCUT2D eigenvalue weighted by Crippen LogP contribution is -2.42. The Balaban J connectivity index is 0.000000929. The van der Waals surface area contributed by atoms with Crippen molar-refractivity contribution in [3.63, 3.8) is 0 Å². The van der Waals surface area contributed by atoms with Crippen molar-refractivity contribution in [3.8, 4) is 11.9 Å². The highest BCUT2D eigenvalue weighted by molar-refractivity contribution is 6.30. The Labute approximate surface area is 245 Å². The lowest BCUT2D eigenvalue weighted by Gasteiger charge is -2.33. The second kappa shape index (κ2) is 12.2. The summed E-state index contributed by atoms with van der Waals surface area (Å²) in [5.41, 5.74) is 0.00854. The van der Waals surface area contributed by atoms with Gasteiger partial charge in [0, 0.05) is 47.5 Å². The molecule has 2 aliphatic carbocycles. The van der Waals surface area contributed by atoms with E-state index in [9.17, 15) is 15.2 Å². The summed E-state index contributed by atoms with van der Waals surface area (Å²) >= 11 is 5.95. The third-order valence-corrected chi connectivity index (χ3v) is 8.95. The average molecular weight is 578 g/mol. The first kappa shape index (κ1) is 30.4. The van der Waals surface area contributed by atoms with E-state index in [0.717, 1.165) is 16.5 Å². The standard InChI is InChI=1S/C29H28ClN3O4.C2H6.CH2O/c1-28(35)13-21-25-26(29(25,14-23(28)36-2)11-12-37-24-10-8-18(30)16-32-24)33(27(21)34)22-9-7-17(15-31)19-5-3-4-6-20(19)22;2*1-2/h3-10,16,21,23,25-26,35H,11-14H2,1-2H3;1-2H3;1H2/t21?,23?,25-,26?,28?,29?;;/m1../s1. The number of piperidine rings is 1. The van der Waals surface area contributed by atoms with E-state index in [0.29, 0.717) is 42.3 Å². The predicted octanol–water partition coefficient (Wildman–Crippen LogP) is 5.58. The van der Waals surface area contributed by atoms with Crippen LogP contribution in [0.3, 0.4) is 0 Å². The van der Waals surface area contributed by atoms with Crippen molar-refractivity contribution >= 4 is 40.8 Å². The SMILES string of the molecule is C=O.CC.COC1CC2(CCOc3ccc(Cl)cn3)C3[C@H]2C(CC1(C)O)C(=O)N3c1ccc(C#N)c2ccccc12. The van der Waals surface area contributed by atoms with Gasteiger partial charge in [0.05, 0.1) is 40.7 Å². The molecule has 3 aliphatic rings. The highest BCUT2D eigenvalue weighted by Gasteiger charge is 2.78. The van der Waals surface area contributed by atoms with Crippen LogP contribution in [0.15, 0.2) is 54.7 Å². The minimum atomic E-state index is -1.12. The van der Waals surface area contributed by atoms with E-state index in [-0.39, 0.29) is 29.2 Å². The summed E-state index contributed by atoms with van der Waals surface area (Å²) < 4.78 is 11.8. The van der Waals surface area contributed by atoms with Crippen molar-refractivity contribution in [3.05, 3.63) is 65.3 Å². The molecule has 3 fully saturated rings. The van der Waals surface area contributed by atoms with E-state index < -0.39 is 11.7 Å². The van der Waals surface area contributed by atoms with Crippen LogP contribution in [-0.2, 0) is 14.3 Å². The molecule has 3 aromatic rings. The Morgan fingerprint density at radius 3 is 2.49 bits per heavy atom. The molecule has 8 nitrogen and oxygen atoms in total. The third kappa shape index (κ3) is 5.19. The number of ether oxygens (including phenoxy) is 2. The van der Waals surface area contributed by atoms with Crippen molar-refractivity contribution < 1.29 is 24.2 Å². The van der Waals surface area contributed by atoms with Gasteiger partial charge in [0.1, 0.15) is 6.79 Å². The normalized spacial score (nSPS) is 29.2. The van der Waals surface area contributed by atoms with E-state index >= 15 is 0 Å².